The van der Waals surface area contributed by atoms with Crippen LogP contribution in [0.2, 0.25) is 0 Å². The summed E-state index contributed by atoms with van der Waals surface area (Å²) in [6.07, 6.45) is 19.4. The first-order chi connectivity index (χ1) is 15.4. The van der Waals surface area contributed by atoms with Crippen molar-refractivity contribution in [2.75, 3.05) is 0 Å². The van der Waals surface area contributed by atoms with E-state index in [-0.39, 0.29) is 11.6 Å². The molecule has 0 radical (unpaired) electrons. The Morgan fingerprint density at radius 2 is 0.656 bits per heavy atom. The Hall–Kier alpha value is -4.50. The third kappa shape index (κ3) is 13.6. The first kappa shape index (κ1) is 25.5. The van der Waals surface area contributed by atoms with Gasteiger partial charge in [0.1, 0.15) is 0 Å². The third-order valence-corrected chi connectivity index (χ3v) is 3.59. The molecule has 156 valence electrons. The minimum atomic E-state index is -0.138. The second-order valence-corrected chi connectivity index (χ2v) is 6.64. The lowest BCUT2D eigenvalue weighted by Crippen LogP contribution is -1.83. The van der Waals surface area contributed by atoms with Gasteiger partial charge in [-0.1, -0.05) is 72.3 Å². The van der Waals surface area contributed by atoms with Crippen LogP contribution in [0.3, 0.4) is 0 Å². The molecule has 0 aromatic rings. The monoisotopic (exact) mass is 416 g/mol. The number of hydrogen-bond acceptors (Lipinski definition) is 2. The molecule has 0 aromatic heterocycles. The Kier molecular flexibility index (Phi) is 12.3. The van der Waals surface area contributed by atoms with Gasteiger partial charge in [-0.05, 0) is 98.0 Å². The van der Waals surface area contributed by atoms with Crippen LogP contribution in [0.5, 0.6) is 0 Å². The summed E-state index contributed by atoms with van der Waals surface area (Å²) in [6.45, 7) is 7.35. The summed E-state index contributed by atoms with van der Waals surface area (Å²) >= 11 is 0. The summed E-state index contributed by atoms with van der Waals surface area (Å²) in [7, 11) is 0. The average Bonchev–Trinajstić information content (AvgIpc) is 2.74. The van der Waals surface area contributed by atoms with Crippen LogP contribution in [0.15, 0.2) is 95.2 Å². The summed E-state index contributed by atoms with van der Waals surface area (Å²) in [5, 5.41) is 0. The van der Waals surface area contributed by atoms with Crippen LogP contribution in [0.25, 0.3) is 0 Å². The highest BCUT2D eigenvalue weighted by atomic mass is 16.1. The lowest BCUT2D eigenvalue weighted by Gasteiger charge is -1.85. The molecule has 2 nitrogen and oxygen atoms in total. The molecule has 0 fully saturated rings. The Balaban J connectivity index is 3.16. The molecule has 1 rings (SSSR count). The molecule has 0 heterocycles. The Morgan fingerprint density at radius 1 is 0.438 bits per heavy atom. The predicted octanol–water partition coefficient (Wildman–Crippen LogP) is 5.16. The fraction of sp³-hybridized carbons (Fsp3) is 0.133. The highest BCUT2D eigenvalue weighted by molar-refractivity contribution is 6.00. The molecule has 0 atom stereocenters. The molecular weight excluding hydrogens is 392 g/mol. The summed E-state index contributed by atoms with van der Waals surface area (Å²) in [5.41, 5.74) is 3.13. The molecule has 0 spiro atoms. The van der Waals surface area contributed by atoms with Gasteiger partial charge in [-0.3, -0.25) is 9.59 Å². The van der Waals surface area contributed by atoms with Crippen LogP contribution in [-0.2, 0) is 9.59 Å². The maximum absolute atomic E-state index is 11.9. The van der Waals surface area contributed by atoms with E-state index in [2.05, 4.69) is 47.4 Å². The predicted molar refractivity (Wildman–Crippen MR) is 133 cm³/mol. The summed E-state index contributed by atoms with van der Waals surface area (Å²) in [6, 6.07) is 0. The van der Waals surface area contributed by atoms with Crippen molar-refractivity contribution in [1.29, 1.82) is 0 Å². The maximum Gasteiger partial charge on any atom is 0.178 e. The SMILES string of the molecule is C/C1=C/C=C/C(=O)/C=C/C=C(/C)C#CC#C/C(C)=C\C=C\C(=O)/C=C/C=C(/C)C#CC#C1. The van der Waals surface area contributed by atoms with Gasteiger partial charge in [-0.25, -0.2) is 0 Å². The zero-order chi connectivity index (χ0) is 23.6. The fourth-order valence-corrected chi connectivity index (χ4v) is 1.95. The van der Waals surface area contributed by atoms with Crippen molar-refractivity contribution in [2.24, 2.45) is 0 Å². The van der Waals surface area contributed by atoms with Crippen LogP contribution in [0, 0.1) is 47.4 Å². The highest BCUT2D eigenvalue weighted by Crippen LogP contribution is 1.95. The van der Waals surface area contributed by atoms with Crippen molar-refractivity contribution in [3.8, 4) is 47.4 Å². The molecule has 2 heteroatoms. The van der Waals surface area contributed by atoms with Gasteiger partial charge in [0.05, 0.1) is 0 Å². The van der Waals surface area contributed by atoms with Gasteiger partial charge in [-0.15, -0.1) is 0 Å². The number of allylic oxidation sites excluding steroid dienone is 16. The molecular formula is C30H24O2. The zero-order valence-corrected chi connectivity index (χ0v) is 18.7. The smallest absolute Gasteiger partial charge is 0.178 e. The number of ketones is 2. The largest absolute Gasteiger partial charge is 0.290 e. The molecule has 1 aliphatic rings. The molecule has 0 unspecified atom stereocenters. The molecule has 1 aliphatic carbocycles. The van der Waals surface area contributed by atoms with E-state index in [4.69, 9.17) is 0 Å². The van der Waals surface area contributed by atoms with E-state index >= 15 is 0 Å². The number of carbonyl (C=O) groups excluding carboxylic acids is 2. The van der Waals surface area contributed by atoms with E-state index in [1.165, 1.54) is 24.3 Å². The molecule has 0 aliphatic heterocycles. The van der Waals surface area contributed by atoms with Crippen molar-refractivity contribution in [2.45, 2.75) is 27.7 Å². The second-order valence-electron chi connectivity index (χ2n) is 6.64. The standard InChI is InChI=1S/C30H24O2/c1-25-13-5-6-14-26(2)18-11-23-30(32)24-12-20-28(4)16-8-7-15-27(3)19-10-22-29(31)21-9-17-25/h9-12,17-24H,1-4H3/b21-9+,22-10+,23-11+,24-12+,25-17-,26-18-,27-19-,28-20-. The number of hydrogen-bond donors (Lipinski definition) is 0. The number of carbonyl (C=O) groups is 2. The normalized spacial score (nSPS) is 25.8. The summed E-state index contributed by atoms with van der Waals surface area (Å²) in [5.74, 6) is 22.4. The lowest BCUT2D eigenvalue weighted by atomic mass is 10.2. The van der Waals surface area contributed by atoms with Gasteiger partial charge in [0.25, 0.3) is 0 Å². The molecule has 0 N–H and O–H groups in total. The molecule has 0 amide bonds. The maximum atomic E-state index is 11.9. The van der Waals surface area contributed by atoms with E-state index in [9.17, 15) is 9.59 Å². The fourth-order valence-electron chi connectivity index (χ4n) is 1.95. The second kappa shape index (κ2) is 15.4. The first-order valence-corrected chi connectivity index (χ1v) is 9.88. The highest BCUT2D eigenvalue weighted by Gasteiger charge is 1.88. The van der Waals surface area contributed by atoms with Gasteiger partial charge in [0.2, 0.25) is 0 Å². The van der Waals surface area contributed by atoms with E-state index in [0.717, 1.165) is 22.3 Å². The van der Waals surface area contributed by atoms with Crippen LogP contribution in [0.4, 0.5) is 0 Å². The van der Waals surface area contributed by atoms with Crippen molar-refractivity contribution in [1.82, 2.24) is 0 Å². The van der Waals surface area contributed by atoms with E-state index in [1.807, 2.05) is 27.7 Å². The van der Waals surface area contributed by atoms with Gasteiger partial charge in [-0.2, -0.15) is 0 Å². The van der Waals surface area contributed by atoms with Gasteiger partial charge >= 0.3 is 0 Å². The van der Waals surface area contributed by atoms with Gasteiger partial charge in [0, 0.05) is 0 Å². The minimum absolute atomic E-state index is 0.138. The number of rotatable bonds is 0. The third-order valence-electron chi connectivity index (χ3n) is 3.59. The quantitative estimate of drug-likeness (QED) is 0.511. The summed E-state index contributed by atoms with van der Waals surface area (Å²) < 4.78 is 0. The topological polar surface area (TPSA) is 34.1 Å². The van der Waals surface area contributed by atoms with Crippen LogP contribution < -0.4 is 0 Å². The van der Waals surface area contributed by atoms with Gasteiger partial charge in [0.15, 0.2) is 11.6 Å². The molecule has 0 saturated heterocycles. The van der Waals surface area contributed by atoms with Crippen LogP contribution >= 0.6 is 0 Å². The molecule has 0 aromatic carbocycles. The molecule has 32 heavy (non-hydrogen) atoms. The molecule has 0 bridgehead atoms. The van der Waals surface area contributed by atoms with Crippen LogP contribution in [-0.4, -0.2) is 11.6 Å². The minimum Gasteiger partial charge on any atom is -0.290 e. The van der Waals surface area contributed by atoms with E-state index < -0.39 is 0 Å². The van der Waals surface area contributed by atoms with Crippen molar-refractivity contribution < 1.29 is 9.59 Å². The molecule has 0 saturated carbocycles. The first-order valence-electron chi connectivity index (χ1n) is 9.88. The van der Waals surface area contributed by atoms with Crippen LogP contribution in [0.1, 0.15) is 27.7 Å². The zero-order valence-electron chi connectivity index (χ0n) is 18.7. The average molecular weight is 417 g/mol. The van der Waals surface area contributed by atoms with E-state index in [0.29, 0.717) is 0 Å². The lowest BCUT2D eigenvalue weighted by molar-refractivity contribution is -0.111. The Bertz CT molecular complexity index is 1040. The van der Waals surface area contributed by atoms with Gasteiger partial charge < -0.3 is 0 Å². The van der Waals surface area contributed by atoms with E-state index in [1.54, 1.807) is 48.6 Å². The van der Waals surface area contributed by atoms with Crippen molar-refractivity contribution in [3.63, 3.8) is 0 Å². The van der Waals surface area contributed by atoms with Crippen molar-refractivity contribution >= 4 is 11.6 Å². The Morgan fingerprint density at radius 3 is 0.875 bits per heavy atom. The van der Waals surface area contributed by atoms with Crippen molar-refractivity contribution in [3.05, 3.63) is 95.2 Å². The Labute approximate surface area is 191 Å². The summed E-state index contributed by atoms with van der Waals surface area (Å²) in [4.78, 5) is 23.7.